The van der Waals surface area contributed by atoms with Crippen LogP contribution in [0.25, 0.3) is 0 Å². The van der Waals surface area contributed by atoms with Crippen LogP contribution in [-0.2, 0) is 11.0 Å². The molecule has 21 heavy (non-hydrogen) atoms. The summed E-state index contributed by atoms with van der Waals surface area (Å²) in [4.78, 5) is 21.6. The van der Waals surface area contributed by atoms with Crippen LogP contribution in [0, 0.1) is 0 Å². The molecule has 2 rings (SSSR count). The highest BCUT2D eigenvalue weighted by Gasteiger charge is 2.00. The first kappa shape index (κ1) is 20.2. The number of phosphoric acid groups is 1. The molecule has 1 heterocycles. The number of benzene rings is 1. The Morgan fingerprint density at radius 2 is 1.38 bits per heavy atom. The smallest absolute Gasteiger partial charge is 0.396 e. The maximum absolute atomic E-state index is 8.88. The molecule has 0 saturated carbocycles. The van der Waals surface area contributed by atoms with E-state index in [0.29, 0.717) is 0 Å². The highest BCUT2D eigenvalue weighted by Crippen LogP contribution is 2.25. The van der Waals surface area contributed by atoms with Crippen molar-refractivity contribution in [3.63, 3.8) is 0 Å². The van der Waals surface area contributed by atoms with Crippen molar-refractivity contribution in [1.82, 2.24) is 10.6 Å². The van der Waals surface area contributed by atoms with Crippen molar-refractivity contribution in [1.29, 1.82) is 0 Å². The standard InChI is InChI=1S/C9H12O.C4H10N2.H3O4P/c10-8-4-7-9-5-2-1-3-6-9;1-2-6-4-3-5-1;1-5(2,3)4/h1-3,5-6,10H,4,7-8H2;5-6H,1-4H2;(H3,1,2,3,4). The van der Waals surface area contributed by atoms with Gasteiger partial charge in [0.25, 0.3) is 0 Å². The lowest BCUT2D eigenvalue weighted by Gasteiger charge is -2.11. The average Bonchev–Trinajstić information content (AvgIpc) is 2.47. The zero-order chi connectivity index (χ0) is 16.0. The van der Waals surface area contributed by atoms with Crippen LogP contribution in [0.2, 0.25) is 0 Å². The van der Waals surface area contributed by atoms with E-state index in [1.165, 1.54) is 5.56 Å². The lowest BCUT2D eigenvalue weighted by molar-refractivity contribution is 0.275. The second kappa shape index (κ2) is 12.9. The lowest BCUT2D eigenvalue weighted by Crippen LogP contribution is -2.39. The summed E-state index contributed by atoms with van der Waals surface area (Å²) in [6.07, 6.45) is 1.85. The van der Waals surface area contributed by atoms with E-state index in [4.69, 9.17) is 24.4 Å². The molecule has 0 radical (unpaired) electrons. The summed E-state index contributed by atoms with van der Waals surface area (Å²) in [5.74, 6) is 0. The Morgan fingerprint density at radius 1 is 0.952 bits per heavy atom. The Bertz CT molecular complexity index is 362. The Kier molecular flexibility index (Phi) is 12.4. The van der Waals surface area contributed by atoms with Crippen LogP contribution in [0.4, 0.5) is 0 Å². The molecule has 1 fully saturated rings. The van der Waals surface area contributed by atoms with Crippen LogP contribution in [0.3, 0.4) is 0 Å². The van der Waals surface area contributed by atoms with E-state index >= 15 is 0 Å². The molecule has 0 atom stereocenters. The van der Waals surface area contributed by atoms with E-state index in [2.05, 4.69) is 22.8 Å². The molecule has 7 nitrogen and oxygen atoms in total. The summed E-state index contributed by atoms with van der Waals surface area (Å²) >= 11 is 0. The van der Waals surface area contributed by atoms with Crippen molar-refractivity contribution in [2.75, 3.05) is 32.8 Å². The summed E-state index contributed by atoms with van der Waals surface area (Å²) in [5.41, 5.74) is 1.30. The third kappa shape index (κ3) is 19.2. The predicted molar refractivity (Wildman–Crippen MR) is 81.9 cm³/mol. The third-order valence-corrected chi connectivity index (χ3v) is 2.42. The van der Waals surface area contributed by atoms with Crippen molar-refractivity contribution < 1.29 is 24.4 Å². The topological polar surface area (TPSA) is 122 Å². The number of nitrogens with one attached hydrogen (secondary N) is 2. The quantitative estimate of drug-likeness (QED) is 0.429. The highest BCUT2D eigenvalue weighted by molar-refractivity contribution is 7.45. The number of hydrogen-bond acceptors (Lipinski definition) is 4. The van der Waals surface area contributed by atoms with Gasteiger partial charge in [-0.1, -0.05) is 30.3 Å². The summed E-state index contributed by atoms with van der Waals surface area (Å²) in [6.45, 7) is 4.84. The van der Waals surface area contributed by atoms with Gasteiger partial charge in [0.2, 0.25) is 0 Å². The third-order valence-electron chi connectivity index (χ3n) is 2.42. The van der Waals surface area contributed by atoms with Crippen LogP contribution >= 0.6 is 7.82 Å². The molecule has 0 aromatic heterocycles. The highest BCUT2D eigenvalue weighted by atomic mass is 31.2. The zero-order valence-electron chi connectivity index (χ0n) is 12.0. The molecule has 1 aliphatic heterocycles. The van der Waals surface area contributed by atoms with Crippen molar-refractivity contribution in [3.05, 3.63) is 35.9 Å². The van der Waals surface area contributed by atoms with Gasteiger partial charge in [-0.3, -0.25) is 0 Å². The zero-order valence-corrected chi connectivity index (χ0v) is 12.9. The van der Waals surface area contributed by atoms with Gasteiger partial charge in [-0.15, -0.1) is 0 Å². The summed E-state index contributed by atoms with van der Waals surface area (Å²) in [7, 11) is -4.64. The molecule has 0 aliphatic carbocycles. The fourth-order valence-electron chi connectivity index (χ4n) is 1.53. The van der Waals surface area contributed by atoms with E-state index in [1.54, 1.807) is 0 Å². The fourth-order valence-corrected chi connectivity index (χ4v) is 1.53. The Balaban J connectivity index is 0.000000312. The summed E-state index contributed by atoms with van der Waals surface area (Å²) in [6, 6.07) is 10.2. The molecule has 6 N–H and O–H groups in total. The van der Waals surface area contributed by atoms with Crippen molar-refractivity contribution in [2.24, 2.45) is 0 Å². The van der Waals surface area contributed by atoms with Gasteiger partial charge in [-0.25, -0.2) is 4.57 Å². The number of piperazine rings is 1. The van der Waals surface area contributed by atoms with E-state index in [-0.39, 0.29) is 6.61 Å². The van der Waals surface area contributed by atoms with Gasteiger partial charge in [-0.2, -0.15) is 0 Å². The van der Waals surface area contributed by atoms with Gasteiger partial charge in [0, 0.05) is 32.8 Å². The van der Waals surface area contributed by atoms with E-state index in [0.717, 1.165) is 39.0 Å². The van der Waals surface area contributed by atoms with Crippen LogP contribution in [-0.4, -0.2) is 52.6 Å². The predicted octanol–water partition coefficient (Wildman–Crippen LogP) is -0.138. The molecule has 1 aliphatic rings. The molecule has 1 aromatic carbocycles. The largest absolute Gasteiger partial charge is 0.466 e. The number of aliphatic hydroxyl groups is 1. The number of aryl methyl sites for hydroxylation is 1. The number of aliphatic hydroxyl groups excluding tert-OH is 1. The molecule has 0 amide bonds. The van der Waals surface area contributed by atoms with Gasteiger partial charge in [0.15, 0.2) is 0 Å². The Labute approximate surface area is 125 Å². The molecule has 0 bridgehead atoms. The van der Waals surface area contributed by atoms with Gasteiger partial charge in [0.05, 0.1) is 0 Å². The SMILES string of the molecule is C1CNCCN1.O=P(O)(O)O.OCCCc1ccccc1. The Morgan fingerprint density at radius 3 is 1.71 bits per heavy atom. The first-order valence-corrected chi connectivity index (χ1v) is 8.34. The minimum absolute atomic E-state index is 0.287. The van der Waals surface area contributed by atoms with Gasteiger partial charge in [-0.05, 0) is 18.4 Å². The first-order chi connectivity index (χ1) is 9.93. The second-order valence-electron chi connectivity index (χ2n) is 4.33. The minimum Gasteiger partial charge on any atom is -0.396 e. The van der Waals surface area contributed by atoms with E-state index in [9.17, 15) is 0 Å². The molecule has 122 valence electrons. The van der Waals surface area contributed by atoms with Crippen LogP contribution in [0.5, 0.6) is 0 Å². The molecular weight excluding hydrogens is 295 g/mol. The van der Waals surface area contributed by atoms with E-state index < -0.39 is 7.82 Å². The van der Waals surface area contributed by atoms with Gasteiger partial charge >= 0.3 is 7.82 Å². The number of rotatable bonds is 3. The Hall–Kier alpha value is -0.790. The van der Waals surface area contributed by atoms with Crippen molar-refractivity contribution in [2.45, 2.75) is 12.8 Å². The van der Waals surface area contributed by atoms with Crippen molar-refractivity contribution >= 4 is 7.82 Å². The molecule has 1 aromatic rings. The normalized spacial score (nSPS) is 14.3. The van der Waals surface area contributed by atoms with Crippen LogP contribution in [0.15, 0.2) is 30.3 Å². The second-order valence-corrected chi connectivity index (χ2v) is 5.35. The molecule has 8 heteroatoms. The monoisotopic (exact) mass is 320 g/mol. The van der Waals surface area contributed by atoms with Crippen LogP contribution in [0.1, 0.15) is 12.0 Å². The molecule has 1 saturated heterocycles. The molecular formula is C13H25N2O5P. The lowest BCUT2D eigenvalue weighted by atomic mass is 10.1. The van der Waals surface area contributed by atoms with Gasteiger partial charge in [0.1, 0.15) is 0 Å². The van der Waals surface area contributed by atoms with Crippen LogP contribution < -0.4 is 10.6 Å². The maximum Gasteiger partial charge on any atom is 0.466 e. The number of hydrogen-bond donors (Lipinski definition) is 6. The van der Waals surface area contributed by atoms with E-state index in [1.807, 2.05) is 18.2 Å². The maximum atomic E-state index is 8.88. The van der Waals surface area contributed by atoms with Crippen molar-refractivity contribution in [3.8, 4) is 0 Å². The minimum atomic E-state index is -4.64. The fraction of sp³-hybridized carbons (Fsp3) is 0.538. The average molecular weight is 320 g/mol. The molecule has 0 unspecified atom stereocenters. The summed E-state index contributed by atoms with van der Waals surface area (Å²) in [5, 5.41) is 15.0. The summed E-state index contributed by atoms with van der Waals surface area (Å²) < 4.78 is 8.88. The first-order valence-electron chi connectivity index (χ1n) is 6.78. The van der Waals surface area contributed by atoms with Gasteiger partial charge < -0.3 is 30.4 Å². The molecule has 0 spiro atoms.